The van der Waals surface area contributed by atoms with E-state index >= 15 is 0 Å². The summed E-state index contributed by atoms with van der Waals surface area (Å²) in [6, 6.07) is 8.89. The molecule has 0 bridgehead atoms. The van der Waals surface area contributed by atoms with Crippen LogP contribution < -0.4 is 0 Å². The highest BCUT2D eigenvalue weighted by molar-refractivity contribution is 9.10. The summed E-state index contributed by atoms with van der Waals surface area (Å²) in [7, 11) is 0. The molecule has 4 heteroatoms. The molecule has 0 amide bonds. The van der Waals surface area contributed by atoms with Crippen molar-refractivity contribution in [3.8, 4) is 0 Å². The lowest BCUT2D eigenvalue weighted by molar-refractivity contribution is 0.208. The van der Waals surface area contributed by atoms with Crippen molar-refractivity contribution in [1.82, 2.24) is 10.1 Å². The van der Waals surface area contributed by atoms with Gasteiger partial charge in [0, 0.05) is 16.5 Å². The van der Waals surface area contributed by atoms with Crippen LogP contribution in [0.3, 0.4) is 0 Å². The van der Waals surface area contributed by atoms with E-state index in [9.17, 15) is 0 Å². The maximum atomic E-state index is 5.67. The highest BCUT2D eigenvalue weighted by atomic mass is 79.9. The second-order valence-corrected chi connectivity index (χ2v) is 8.78. The topological polar surface area (TPSA) is 29.3 Å². The third-order valence-electron chi connectivity index (χ3n) is 6.10. The summed E-state index contributed by atoms with van der Waals surface area (Å²) in [5, 5.41) is 4.34. The smallest absolute Gasteiger partial charge is 0.140 e. The molecule has 1 aromatic heterocycles. The lowest BCUT2D eigenvalue weighted by atomic mass is 9.89. The van der Waals surface area contributed by atoms with E-state index in [-0.39, 0.29) is 0 Å². The van der Waals surface area contributed by atoms with Crippen LogP contribution >= 0.6 is 15.9 Å². The fourth-order valence-electron chi connectivity index (χ4n) is 4.52. The molecule has 26 heavy (non-hydrogen) atoms. The molecule has 2 aliphatic rings. The first-order chi connectivity index (χ1) is 12.8. The van der Waals surface area contributed by atoms with E-state index in [0.29, 0.717) is 0 Å². The fraction of sp³-hybridized carbons (Fsp3) is 0.591. The van der Waals surface area contributed by atoms with Gasteiger partial charge in [0.25, 0.3) is 0 Å². The largest absolute Gasteiger partial charge is 0.361 e. The Bertz CT molecular complexity index is 701. The van der Waals surface area contributed by atoms with Crippen molar-refractivity contribution in [2.75, 3.05) is 19.6 Å². The van der Waals surface area contributed by atoms with E-state index < -0.39 is 0 Å². The van der Waals surface area contributed by atoms with Crippen molar-refractivity contribution in [1.29, 1.82) is 0 Å². The lowest BCUT2D eigenvalue weighted by Crippen LogP contribution is -2.33. The van der Waals surface area contributed by atoms with Crippen LogP contribution in [0.25, 0.3) is 0 Å². The first-order valence-corrected chi connectivity index (χ1v) is 11.0. The maximum absolute atomic E-state index is 5.67. The Hall–Kier alpha value is -1.13. The molecule has 1 fully saturated rings. The Morgan fingerprint density at radius 1 is 1.04 bits per heavy atom. The van der Waals surface area contributed by atoms with Gasteiger partial charge >= 0.3 is 0 Å². The normalized spacial score (nSPS) is 19.3. The molecular formula is C22H29BrN2O. The molecule has 0 unspecified atom stereocenters. The van der Waals surface area contributed by atoms with Gasteiger partial charge in [0.1, 0.15) is 5.76 Å². The van der Waals surface area contributed by atoms with Crippen LogP contribution in [-0.2, 0) is 19.3 Å². The predicted molar refractivity (Wildman–Crippen MR) is 109 cm³/mol. The number of nitrogens with zero attached hydrogens (tertiary/aromatic N) is 2. The number of halogens is 1. The molecule has 0 spiro atoms. The molecule has 2 aromatic rings. The van der Waals surface area contributed by atoms with Crippen molar-refractivity contribution in [2.45, 2.75) is 63.7 Å². The van der Waals surface area contributed by atoms with Gasteiger partial charge in [-0.2, -0.15) is 0 Å². The average Bonchev–Trinajstić information content (AvgIpc) is 2.89. The summed E-state index contributed by atoms with van der Waals surface area (Å²) in [4.78, 5) is 2.63. The Labute approximate surface area is 165 Å². The zero-order valence-corrected chi connectivity index (χ0v) is 17.1. The minimum atomic E-state index is 0.726. The summed E-state index contributed by atoms with van der Waals surface area (Å²) in [6.45, 7) is 3.62. The Morgan fingerprint density at radius 3 is 2.62 bits per heavy atom. The quantitative estimate of drug-likeness (QED) is 0.600. The molecule has 0 radical (unpaired) electrons. The summed E-state index contributed by atoms with van der Waals surface area (Å²) < 4.78 is 6.85. The van der Waals surface area contributed by atoms with Crippen LogP contribution in [0.2, 0.25) is 0 Å². The number of piperidine rings is 1. The molecule has 1 aliphatic carbocycles. The summed E-state index contributed by atoms with van der Waals surface area (Å²) in [5.74, 6) is 1.90. The van der Waals surface area contributed by atoms with Gasteiger partial charge in [-0.1, -0.05) is 39.6 Å². The zero-order valence-electron chi connectivity index (χ0n) is 15.6. The molecule has 0 N–H and O–H groups in total. The number of aromatic nitrogens is 1. The number of hydrogen-bond donors (Lipinski definition) is 0. The van der Waals surface area contributed by atoms with Gasteiger partial charge in [-0.3, -0.25) is 0 Å². The first kappa shape index (κ1) is 18.2. The fourth-order valence-corrected chi connectivity index (χ4v) is 4.78. The Kier molecular flexibility index (Phi) is 6.11. The van der Waals surface area contributed by atoms with Crippen molar-refractivity contribution >= 4 is 15.9 Å². The molecule has 0 atom stereocenters. The minimum absolute atomic E-state index is 0.726. The number of hydrogen-bond acceptors (Lipinski definition) is 3. The lowest BCUT2D eigenvalue weighted by Gasteiger charge is -2.32. The molecule has 140 valence electrons. The van der Waals surface area contributed by atoms with Crippen LogP contribution in [-0.4, -0.2) is 29.7 Å². The van der Waals surface area contributed by atoms with Gasteiger partial charge in [0.05, 0.1) is 5.69 Å². The standard InChI is InChI=1S/C22H29BrN2O/c23-19-10-8-17(9-11-19)18-12-15-25(16-13-18)14-4-7-22-20-5-2-1-3-6-21(20)24-26-22/h8-11,18H,1-7,12-16H2. The minimum Gasteiger partial charge on any atom is -0.361 e. The second-order valence-electron chi connectivity index (χ2n) is 7.86. The average molecular weight is 417 g/mol. The number of aryl methyl sites for hydroxylation is 2. The SMILES string of the molecule is Brc1ccc(C2CCN(CCCc3onc4c3CCCCC4)CC2)cc1. The van der Waals surface area contributed by atoms with E-state index in [2.05, 4.69) is 50.3 Å². The van der Waals surface area contributed by atoms with Gasteiger partial charge in [-0.15, -0.1) is 0 Å². The van der Waals surface area contributed by atoms with Crippen molar-refractivity contribution in [3.63, 3.8) is 0 Å². The van der Waals surface area contributed by atoms with Crippen molar-refractivity contribution in [3.05, 3.63) is 51.3 Å². The number of rotatable bonds is 5. The molecule has 0 saturated carbocycles. The van der Waals surface area contributed by atoms with E-state index in [0.717, 1.165) is 18.8 Å². The highest BCUT2D eigenvalue weighted by Gasteiger charge is 2.21. The molecule has 2 heterocycles. The van der Waals surface area contributed by atoms with Crippen molar-refractivity contribution in [2.24, 2.45) is 0 Å². The molecule has 1 aliphatic heterocycles. The van der Waals surface area contributed by atoms with Crippen LogP contribution in [0, 0.1) is 0 Å². The first-order valence-electron chi connectivity index (χ1n) is 10.2. The molecule has 3 nitrogen and oxygen atoms in total. The Morgan fingerprint density at radius 2 is 1.81 bits per heavy atom. The van der Waals surface area contributed by atoms with E-state index in [1.165, 1.54) is 91.6 Å². The summed E-state index contributed by atoms with van der Waals surface area (Å²) in [5.41, 5.74) is 4.18. The van der Waals surface area contributed by atoms with E-state index in [1.54, 1.807) is 0 Å². The van der Waals surface area contributed by atoms with Gasteiger partial charge in [-0.25, -0.2) is 0 Å². The monoisotopic (exact) mass is 416 g/mol. The summed E-state index contributed by atoms with van der Waals surface area (Å²) >= 11 is 3.53. The van der Waals surface area contributed by atoms with Gasteiger partial charge in [0.2, 0.25) is 0 Å². The third-order valence-corrected chi connectivity index (χ3v) is 6.63. The van der Waals surface area contributed by atoms with Crippen LogP contribution in [0.15, 0.2) is 33.3 Å². The van der Waals surface area contributed by atoms with E-state index in [4.69, 9.17) is 4.52 Å². The van der Waals surface area contributed by atoms with E-state index in [1.807, 2.05) is 0 Å². The predicted octanol–water partition coefficient (Wildman–Crippen LogP) is 5.52. The highest BCUT2D eigenvalue weighted by Crippen LogP contribution is 2.29. The molecule has 1 aromatic carbocycles. The molecule has 1 saturated heterocycles. The summed E-state index contributed by atoms with van der Waals surface area (Å²) in [6.07, 6.45) is 11.0. The van der Waals surface area contributed by atoms with Gasteiger partial charge in [0.15, 0.2) is 0 Å². The van der Waals surface area contributed by atoms with Crippen LogP contribution in [0.1, 0.15) is 67.0 Å². The zero-order chi connectivity index (χ0) is 17.8. The number of likely N-dealkylation sites (tertiary alicyclic amines) is 1. The number of fused-ring (bicyclic) bond motifs is 1. The van der Waals surface area contributed by atoms with Crippen LogP contribution in [0.4, 0.5) is 0 Å². The van der Waals surface area contributed by atoms with Crippen LogP contribution in [0.5, 0.6) is 0 Å². The molecular weight excluding hydrogens is 388 g/mol. The number of benzene rings is 1. The maximum Gasteiger partial charge on any atom is 0.140 e. The van der Waals surface area contributed by atoms with Crippen molar-refractivity contribution < 1.29 is 4.52 Å². The van der Waals surface area contributed by atoms with Gasteiger partial charge in [-0.05, 0) is 88.2 Å². The molecule has 4 rings (SSSR count). The Balaban J connectivity index is 1.23. The van der Waals surface area contributed by atoms with Gasteiger partial charge < -0.3 is 9.42 Å². The third kappa shape index (κ3) is 4.40. The second kappa shape index (κ2) is 8.71.